The van der Waals surface area contributed by atoms with E-state index in [2.05, 4.69) is 29.8 Å². The van der Waals surface area contributed by atoms with Crippen LogP contribution in [0.1, 0.15) is 39.5 Å². The summed E-state index contributed by atoms with van der Waals surface area (Å²) in [6.07, 6.45) is 5.33. The fraction of sp³-hybridized carbons (Fsp3) is 0.625. The summed E-state index contributed by atoms with van der Waals surface area (Å²) in [5.74, 6) is 0.891. The molecule has 0 atom stereocenters. The largest absolute Gasteiger partial charge is 0.491 e. The molecule has 1 saturated carbocycles. The van der Waals surface area contributed by atoms with Gasteiger partial charge in [-0.25, -0.2) is 0 Å². The van der Waals surface area contributed by atoms with Gasteiger partial charge in [-0.3, -0.25) is 0 Å². The number of ether oxygens (including phenoxy) is 2. The van der Waals surface area contributed by atoms with Crippen molar-refractivity contribution < 1.29 is 9.47 Å². The second-order valence-corrected chi connectivity index (χ2v) is 6.96. The molecule has 1 aromatic carbocycles. The summed E-state index contributed by atoms with van der Waals surface area (Å²) >= 11 is 3.43. The summed E-state index contributed by atoms with van der Waals surface area (Å²) in [5, 5.41) is 0. The molecule has 2 rings (SSSR count). The Kier molecular flexibility index (Phi) is 5.28. The van der Waals surface area contributed by atoms with Gasteiger partial charge in [-0.1, -0.05) is 35.8 Å². The van der Waals surface area contributed by atoms with E-state index < -0.39 is 0 Å². The van der Waals surface area contributed by atoms with Crippen molar-refractivity contribution in [3.8, 4) is 5.75 Å². The molecule has 106 valence electrons. The lowest BCUT2D eigenvalue weighted by molar-refractivity contribution is -0.00732. The molecule has 1 fully saturated rings. The molecule has 19 heavy (non-hydrogen) atoms. The monoisotopic (exact) mass is 326 g/mol. The van der Waals surface area contributed by atoms with Gasteiger partial charge in [0.1, 0.15) is 12.4 Å². The molecule has 1 aromatic rings. The molecule has 0 spiro atoms. The second-order valence-electron chi connectivity index (χ2n) is 6.04. The molecule has 2 nitrogen and oxygen atoms in total. The van der Waals surface area contributed by atoms with E-state index >= 15 is 0 Å². The average Bonchev–Trinajstić information content (AvgIpc) is 2.36. The van der Waals surface area contributed by atoms with Crippen LogP contribution in [-0.2, 0) is 4.74 Å². The summed E-state index contributed by atoms with van der Waals surface area (Å²) in [6, 6.07) is 7.91. The number of hydrogen-bond acceptors (Lipinski definition) is 2. The topological polar surface area (TPSA) is 18.5 Å². The lowest BCUT2D eigenvalue weighted by Gasteiger charge is -2.34. The van der Waals surface area contributed by atoms with Crippen LogP contribution in [0.5, 0.6) is 5.75 Å². The molecule has 0 heterocycles. The van der Waals surface area contributed by atoms with Crippen molar-refractivity contribution in [2.45, 2.75) is 45.6 Å². The summed E-state index contributed by atoms with van der Waals surface area (Å²) in [4.78, 5) is 0. The third kappa shape index (κ3) is 5.15. The Bertz CT molecular complexity index is 393. The molecular weight excluding hydrogens is 304 g/mol. The van der Waals surface area contributed by atoms with Crippen molar-refractivity contribution in [2.24, 2.45) is 5.41 Å². The molecule has 3 heteroatoms. The van der Waals surface area contributed by atoms with Crippen molar-refractivity contribution >= 4 is 15.9 Å². The standard InChI is InChI=1S/C16H23BrO2/c1-16(2)8-6-14(7-9-16)18-10-11-19-15-5-3-4-13(17)12-15/h3-5,12,14H,6-11H2,1-2H3. The van der Waals surface area contributed by atoms with Gasteiger partial charge in [-0.05, 0) is 49.3 Å². The van der Waals surface area contributed by atoms with Crippen LogP contribution < -0.4 is 4.74 Å². The molecule has 0 bridgehead atoms. The minimum absolute atomic E-state index is 0.430. The van der Waals surface area contributed by atoms with Crippen LogP contribution in [-0.4, -0.2) is 19.3 Å². The number of benzene rings is 1. The van der Waals surface area contributed by atoms with Crippen LogP contribution >= 0.6 is 15.9 Å². The quantitative estimate of drug-likeness (QED) is 0.722. The van der Waals surface area contributed by atoms with Crippen molar-refractivity contribution in [2.75, 3.05) is 13.2 Å². The Balaban J connectivity index is 1.62. The third-order valence-corrected chi connectivity index (χ3v) is 4.28. The molecule has 0 saturated heterocycles. The normalized spacial score (nSPS) is 19.3. The first kappa shape index (κ1) is 14.9. The molecule has 0 aliphatic heterocycles. The summed E-state index contributed by atoms with van der Waals surface area (Å²) in [6.45, 7) is 5.99. The number of hydrogen-bond donors (Lipinski definition) is 0. The number of halogens is 1. The first-order valence-corrected chi connectivity index (χ1v) is 7.84. The summed E-state index contributed by atoms with van der Waals surface area (Å²) < 4.78 is 12.6. The zero-order valence-corrected chi connectivity index (χ0v) is 13.4. The van der Waals surface area contributed by atoms with E-state index in [1.165, 1.54) is 25.7 Å². The van der Waals surface area contributed by atoms with Gasteiger partial charge < -0.3 is 9.47 Å². The van der Waals surface area contributed by atoms with Crippen molar-refractivity contribution in [1.82, 2.24) is 0 Å². The summed E-state index contributed by atoms with van der Waals surface area (Å²) in [5.41, 5.74) is 0.507. The second kappa shape index (κ2) is 6.76. The predicted molar refractivity (Wildman–Crippen MR) is 81.6 cm³/mol. The third-order valence-electron chi connectivity index (χ3n) is 3.79. The van der Waals surface area contributed by atoms with Gasteiger partial charge in [0.2, 0.25) is 0 Å². The predicted octanol–water partition coefficient (Wildman–Crippen LogP) is 4.81. The van der Waals surface area contributed by atoms with Gasteiger partial charge in [-0.15, -0.1) is 0 Å². The minimum Gasteiger partial charge on any atom is -0.491 e. The van der Waals surface area contributed by atoms with Crippen molar-refractivity contribution in [1.29, 1.82) is 0 Å². The molecule has 1 aliphatic carbocycles. The maximum absolute atomic E-state index is 5.89. The first-order chi connectivity index (χ1) is 9.05. The van der Waals surface area contributed by atoms with E-state index in [1.807, 2.05) is 24.3 Å². The SMILES string of the molecule is CC1(C)CCC(OCCOc2cccc(Br)c2)CC1. The van der Waals surface area contributed by atoms with E-state index in [0.29, 0.717) is 24.7 Å². The minimum atomic E-state index is 0.430. The van der Waals surface area contributed by atoms with E-state index in [-0.39, 0.29) is 0 Å². The van der Waals surface area contributed by atoms with Crippen LogP contribution in [0.2, 0.25) is 0 Å². The molecule has 0 radical (unpaired) electrons. The average molecular weight is 327 g/mol. The van der Waals surface area contributed by atoms with Crippen LogP contribution in [0.4, 0.5) is 0 Å². The maximum atomic E-state index is 5.89. The van der Waals surface area contributed by atoms with Crippen molar-refractivity contribution in [3.63, 3.8) is 0 Å². The molecule has 0 unspecified atom stereocenters. The lowest BCUT2D eigenvalue weighted by atomic mass is 9.76. The Morgan fingerprint density at radius 1 is 1.21 bits per heavy atom. The highest BCUT2D eigenvalue weighted by Crippen LogP contribution is 2.36. The Morgan fingerprint density at radius 3 is 2.63 bits per heavy atom. The van der Waals surface area contributed by atoms with Crippen LogP contribution in [0, 0.1) is 5.41 Å². The van der Waals surface area contributed by atoms with E-state index in [9.17, 15) is 0 Å². The molecular formula is C16H23BrO2. The van der Waals surface area contributed by atoms with Crippen molar-refractivity contribution in [3.05, 3.63) is 28.7 Å². The van der Waals surface area contributed by atoms with Gasteiger partial charge in [-0.2, -0.15) is 0 Å². The molecule has 0 N–H and O–H groups in total. The Hall–Kier alpha value is -0.540. The Morgan fingerprint density at radius 2 is 1.95 bits per heavy atom. The zero-order chi connectivity index (χ0) is 13.7. The lowest BCUT2D eigenvalue weighted by Crippen LogP contribution is -2.27. The highest BCUT2D eigenvalue weighted by molar-refractivity contribution is 9.10. The van der Waals surface area contributed by atoms with Crippen LogP contribution in [0.25, 0.3) is 0 Å². The van der Waals surface area contributed by atoms with Crippen LogP contribution in [0.15, 0.2) is 28.7 Å². The van der Waals surface area contributed by atoms with Crippen LogP contribution in [0.3, 0.4) is 0 Å². The van der Waals surface area contributed by atoms with Gasteiger partial charge in [0.15, 0.2) is 0 Å². The van der Waals surface area contributed by atoms with Gasteiger partial charge >= 0.3 is 0 Å². The highest BCUT2D eigenvalue weighted by atomic mass is 79.9. The molecule has 0 aromatic heterocycles. The highest BCUT2D eigenvalue weighted by Gasteiger charge is 2.26. The van der Waals surface area contributed by atoms with Gasteiger partial charge in [0.05, 0.1) is 12.7 Å². The van der Waals surface area contributed by atoms with Gasteiger partial charge in [0.25, 0.3) is 0 Å². The summed E-state index contributed by atoms with van der Waals surface area (Å²) in [7, 11) is 0. The fourth-order valence-corrected chi connectivity index (χ4v) is 2.85. The zero-order valence-electron chi connectivity index (χ0n) is 11.8. The van der Waals surface area contributed by atoms with E-state index in [1.54, 1.807) is 0 Å². The molecule has 0 amide bonds. The van der Waals surface area contributed by atoms with E-state index in [4.69, 9.17) is 9.47 Å². The van der Waals surface area contributed by atoms with Gasteiger partial charge in [0, 0.05) is 4.47 Å². The smallest absolute Gasteiger partial charge is 0.120 e. The molecule has 1 aliphatic rings. The Labute approximate surface area is 124 Å². The fourth-order valence-electron chi connectivity index (χ4n) is 2.47. The number of rotatable bonds is 5. The van der Waals surface area contributed by atoms with E-state index in [0.717, 1.165) is 10.2 Å². The maximum Gasteiger partial charge on any atom is 0.120 e. The first-order valence-electron chi connectivity index (χ1n) is 7.05.